The second-order valence-corrected chi connectivity index (χ2v) is 6.08. The molecule has 0 bridgehead atoms. The van der Waals surface area contributed by atoms with E-state index in [2.05, 4.69) is 15.2 Å². The first-order valence-electron chi connectivity index (χ1n) is 7.11. The number of rotatable bonds is 4. The molecule has 0 radical (unpaired) electrons. The van der Waals surface area contributed by atoms with Crippen molar-refractivity contribution in [2.24, 2.45) is 0 Å². The first-order valence-corrected chi connectivity index (χ1v) is 8.10. The zero-order chi connectivity index (χ0) is 16.2. The summed E-state index contributed by atoms with van der Waals surface area (Å²) < 4.78 is 4.87. The fraction of sp³-hybridized carbons (Fsp3) is 0.333. The number of benzene rings is 1. The Morgan fingerprint density at radius 1 is 1.39 bits per heavy atom. The summed E-state index contributed by atoms with van der Waals surface area (Å²) in [6.45, 7) is 0.408. The van der Waals surface area contributed by atoms with E-state index >= 15 is 0 Å². The molecule has 1 atom stereocenters. The highest BCUT2D eigenvalue weighted by Gasteiger charge is 2.35. The molecule has 1 aromatic carbocycles. The Balaban J connectivity index is 1.77. The van der Waals surface area contributed by atoms with E-state index in [4.69, 9.17) is 4.74 Å². The number of thioether (sulfide) groups is 1. The lowest BCUT2D eigenvalue weighted by Crippen LogP contribution is -2.49. The lowest BCUT2D eigenvalue weighted by atomic mass is 9.94. The number of ether oxygens (including phenoxy) is 1. The Morgan fingerprint density at radius 3 is 2.87 bits per heavy atom. The van der Waals surface area contributed by atoms with Gasteiger partial charge in [0.15, 0.2) is 5.16 Å². The van der Waals surface area contributed by atoms with Crippen molar-refractivity contribution in [1.82, 2.24) is 20.1 Å². The molecule has 23 heavy (non-hydrogen) atoms. The summed E-state index contributed by atoms with van der Waals surface area (Å²) in [7, 11) is 1.34. The van der Waals surface area contributed by atoms with Crippen LogP contribution in [0.2, 0.25) is 0 Å². The van der Waals surface area contributed by atoms with Crippen molar-refractivity contribution < 1.29 is 14.3 Å². The number of H-pyrrole nitrogens is 1. The van der Waals surface area contributed by atoms with Crippen LogP contribution in [0.5, 0.6) is 0 Å². The largest absolute Gasteiger partial charge is 0.467 e. The fourth-order valence-corrected chi connectivity index (χ4v) is 3.27. The minimum atomic E-state index is -0.585. The molecule has 1 aliphatic heterocycles. The first kappa shape index (κ1) is 15.5. The van der Waals surface area contributed by atoms with Crippen molar-refractivity contribution in [3.05, 3.63) is 41.7 Å². The molecule has 7 nitrogen and oxygen atoms in total. The van der Waals surface area contributed by atoms with Gasteiger partial charge >= 0.3 is 5.97 Å². The first-order chi connectivity index (χ1) is 11.2. The summed E-state index contributed by atoms with van der Waals surface area (Å²) in [5.74, 6) is -0.334. The third-order valence-electron chi connectivity index (χ3n) is 3.77. The SMILES string of the molecule is COC(=O)[C@H]1Cc2ccccc2CN1C(=O)CSc1ncn[nH]1. The van der Waals surface area contributed by atoms with Crippen LogP contribution in [0, 0.1) is 0 Å². The van der Waals surface area contributed by atoms with Crippen molar-refractivity contribution in [2.75, 3.05) is 12.9 Å². The Kier molecular flexibility index (Phi) is 4.61. The van der Waals surface area contributed by atoms with Crippen molar-refractivity contribution in [2.45, 2.75) is 24.2 Å². The molecule has 0 unspecified atom stereocenters. The molecule has 2 aromatic rings. The number of methoxy groups -OCH3 is 1. The number of hydrogen-bond donors (Lipinski definition) is 1. The molecule has 0 aliphatic carbocycles. The maximum absolute atomic E-state index is 12.6. The molecule has 1 aromatic heterocycles. The number of carbonyl (C=O) groups excluding carboxylic acids is 2. The predicted molar refractivity (Wildman–Crippen MR) is 83.6 cm³/mol. The summed E-state index contributed by atoms with van der Waals surface area (Å²) >= 11 is 1.26. The standard InChI is InChI=1S/C15H16N4O3S/c1-22-14(21)12-6-10-4-2-3-5-11(10)7-19(12)13(20)8-23-15-16-9-17-18-15/h2-5,9,12H,6-8H2,1H3,(H,16,17,18)/t12-/m1/s1. The minimum Gasteiger partial charge on any atom is -0.467 e. The van der Waals surface area contributed by atoms with E-state index in [9.17, 15) is 9.59 Å². The van der Waals surface area contributed by atoms with E-state index in [1.54, 1.807) is 4.90 Å². The van der Waals surface area contributed by atoms with E-state index in [0.29, 0.717) is 18.1 Å². The van der Waals surface area contributed by atoms with Crippen LogP contribution in [0.15, 0.2) is 35.7 Å². The van der Waals surface area contributed by atoms with Crippen LogP contribution in [-0.4, -0.2) is 50.9 Å². The molecule has 1 N–H and O–H groups in total. The Hall–Kier alpha value is -2.35. The molecule has 0 spiro atoms. The summed E-state index contributed by atoms with van der Waals surface area (Å²) in [5, 5.41) is 7.01. The van der Waals surface area contributed by atoms with Gasteiger partial charge in [-0.15, -0.1) is 0 Å². The minimum absolute atomic E-state index is 0.128. The Morgan fingerprint density at radius 2 is 2.17 bits per heavy atom. The van der Waals surface area contributed by atoms with Crippen LogP contribution in [0.4, 0.5) is 0 Å². The predicted octanol–water partition coefficient (Wildman–Crippen LogP) is 1.02. The Bertz CT molecular complexity index is 705. The van der Waals surface area contributed by atoms with Gasteiger partial charge in [0.1, 0.15) is 12.4 Å². The zero-order valence-electron chi connectivity index (χ0n) is 12.6. The highest BCUT2D eigenvalue weighted by molar-refractivity contribution is 7.99. The monoisotopic (exact) mass is 332 g/mol. The summed E-state index contributed by atoms with van der Waals surface area (Å²) in [5.41, 5.74) is 2.14. The molecule has 3 rings (SSSR count). The van der Waals surface area contributed by atoms with Gasteiger partial charge in [0, 0.05) is 13.0 Å². The quantitative estimate of drug-likeness (QED) is 0.664. The number of nitrogens with one attached hydrogen (secondary N) is 1. The van der Waals surface area contributed by atoms with Gasteiger partial charge in [-0.05, 0) is 11.1 Å². The van der Waals surface area contributed by atoms with E-state index in [0.717, 1.165) is 11.1 Å². The maximum atomic E-state index is 12.6. The average molecular weight is 332 g/mol. The number of esters is 1. The van der Waals surface area contributed by atoms with Crippen molar-refractivity contribution in [1.29, 1.82) is 0 Å². The molecule has 0 saturated heterocycles. The maximum Gasteiger partial charge on any atom is 0.328 e. The van der Waals surface area contributed by atoms with E-state index in [1.165, 1.54) is 25.2 Å². The average Bonchev–Trinajstić information content (AvgIpc) is 3.11. The number of aromatic amines is 1. The van der Waals surface area contributed by atoms with Gasteiger partial charge in [0.25, 0.3) is 0 Å². The lowest BCUT2D eigenvalue weighted by Gasteiger charge is -2.35. The van der Waals surface area contributed by atoms with Crippen molar-refractivity contribution in [3.63, 3.8) is 0 Å². The Labute approximate surface area is 137 Å². The topological polar surface area (TPSA) is 88.2 Å². The van der Waals surface area contributed by atoms with Gasteiger partial charge in [-0.2, -0.15) is 5.10 Å². The number of hydrogen-bond acceptors (Lipinski definition) is 6. The zero-order valence-corrected chi connectivity index (χ0v) is 13.4. The van der Waals surface area contributed by atoms with Crippen LogP contribution in [0.3, 0.4) is 0 Å². The third-order valence-corrected chi connectivity index (χ3v) is 4.63. The normalized spacial score (nSPS) is 16.7. The number of amides is 1. The van der Waals surface area contributed by atoms with Gasteiger partial charge in [0.05, 0.1) is 12.9 Å². The van der Waals surface area contributed by atoms with E-state index in [-0.39, 0.29) is 11.7 Å². The fourth-order valence-electron chi connectivity index (χ4n) is 2.61. The van der Waals surface area contributed by atoms with Crippen LogP contribution in [0.25, 0.3) is 0 Å². The number of carbonyl (C=O) groups is 2. The van der Waals surface area contributed by atoms with Gasteiger partial charge in [-0.25, -0.2) is 9.78 Å². The molecule has 2 heterocycles. The number of aromatic nitrogens is 3. The molecule has 0 saturated carbocycles. The van der Waals surface area contributed by atoms with Gasteiger partial charge < -0.3 is 9.64 Å². The van der Waals surface area contributed by atoms with Gasteiger partial charge in [-0.1, -0.05) is 36.0 Å². The van der Waals surface area contributed by atoms with Crippen LogP contribution in [-0.2, 0) is 27.3 Å². The second-order valence-electron chi connectivity index (χ2n) is 5.11. The van der Waals surface area contributed by atoms with Crippen molar-refractivity contribution in [3.8, 4) is 0 Å². The molecule has 0 fully saturated rings. The highest BCUT2D eigenvalue weighted by atomic mass is 32.2. The van der Waals surface area contributed by atoms with Crippen LogP contribution in [0.1, 0.15) is 11.1 Å². The van der Waals surface area contributed by atoms with Crippen LogP contribution < -0.4 is 0 Å². The number of nitrogens with zero attached hydrogens (tertiary/aromatic N) is 3. The molecular formula is C15H16N4O3S. The van der Waals surface area contributed by atoms with Crippen LogP contribution >= 0.6 is 11.8 Å². The van der Waals surface area contributed by atoms with E-state index in [1.807, 2.05) is 24.3 Å². The summed E-state index contributed by atoms with van der Waals surface area (Å²) in [6, 6.07) is 7.24. The lowest BCUT2D eigenvalue weighted by molar-refractivity contribution is -0.153. The highest BCUT2D eigenvalue weighted by Crippen LogP contribution is 2.25. The third kappa shape index (κ3) is 3.37. The van der Waals surface area contributed by atoms with E-state index < -0.39 is 12.0 Å². The van der Waals surface area contributed by atoms with Gasteiger partial charge in [0.2, 0.25) is 5.91 Å². The molecule has 1 amide bonds. The molecule has 120 valence electrons. The van der Waals surface area contributed by atoms with Crippen molar-refractivity contribution >= 4 is 23.6 Å². The molecule has 8 heteroatoms. The number of fused-ring (bicyclic) bond motifs is 1. The smallest absolute Gasteiger partial charge is 0.328 e. The summed E-state index contributed by atoms with van der Waals surface area (Å²) in [4.78, 5) is 30.2. The molecule has 1 aliphatic rings. The van der Waals surface area contributed by atoms with Gasteiger partial charge in [-0.3, -0.25) is 9.89 Å². The summed E-state index contributed by atoms with van der Waals surface area (Å²) in [6.07, 6.45) is 1.86. The molecular weight excluding hydrogens is 316 g/mol. The second kappa shape index (κ2) is 6.82.